The minimum absolute atomic E-state index is 0.349. The van der Waals surface area contributed by atoms with E-state index in [9.17, 15) is 0 Å². The van der Waals surface area contributed by atoms with Crippen molar-refractivity contribution in [2.75, 3.05) is 40.7 Å². The number of hydrogen-bond acceptors (Lipinski definition) is 8. The van der Waals surface area contributed by atoms with Crippen LogP contribution in [0.4, 0.5) is 17.8 Å². The summed E-state index contributed by atoms with van der Waals surface area (Å²) < 4.78 is 0. The van der Waals surface area contributed by atoms with E-state index >= 15 is 0 Å². The minimum Gasteiger partial charge on any atom is -0.350 e. The van der Waals surface area contributed by atoms with Gasteiger partial charge in [0.05, 0.1) is 0 Å². The Morgan fingerprint density at radius 3 is 2.52 bits per heavy atom. The van der Waals surface area contributed by atoms with Crippen molar-refractivity contribution in [2.45, 2.75) is 38.6 Å². The maximum atomic E-state index is 5.49. The van der Waals surface area contributed by atoms with Gasteiger partial charge in [-0.15, -0.1) is 0 Å². The van der Waals surface area contributed by atoms with Crippen LogP contribution in [-0.2, 0) is 0 Å². The van der Waals surface area contributed by atoms with Crippen LogP contribution in [0.3, 0.4) is 0 Å². The second-order valence-electron chi connectivity index (χ2n) is 5.18. The van der Waals surface area contributed by atoms with E-state index in [0.29, 0.717) is 23.9 Å². The molecule has 1 aliphatic rings. The van der Waals surface area contributed by atoms with Crippen LogP contribution in [0.2, 0.25) is 0 Å². The lowest BCUT2D eigenvalue weighted by atomic mass is 10.1. The number of nitrogens with one attached hydrogen (secondary N) is 2. The van der Waals surface area contributed by atoms with Crippen molar-refractivity contribution in [3.63, 3.8) is 0 Å². The predicted octanol–water partition coefficient (Wildman–Crippen LogP) is 1.70. The lowest BCUT2D eigenvalue weighted by molar-refractivity contribution is 0.567. The number of rotatable bonds is 7. The van der Waals surface area contributed by atoms with Gasteiger partial charge in [-0.2, -0.15) is 26.7 Å². The molecule has 1 saturated heterocycles. The smallest absolute Gasteiger partial charge is 0.243 e. The molecule has 1 atom stereocenters. The van der Waals surface area contributed by atoms with Crippen LogP contribution in [0.1, 0.15) is 32.6 Å². The van der Waals surface area contributed by atoms with Gasteiger partial charge < -0.3 is 10.2 Å². The van der Waals surface area contributed by atoms with Gasteiger partial charge >= 0.3 is 0 Å². The van der Waals surface area contributed by atoms with E-state index in [1.807, 2.05) is 11.8 Å². The summed E-state index contributed by atoms with van der Waals surface area (Å²) in [6.45, 7) is 4.15. The van der Waals surface area contributed by atoms with Crippen LogP contribution in [0.25, 0.3) is 0 Å². The molecule has 1 aliphatic heterocycles. The van der Waals surface area contributed by atoms with Gasteiger partial charge in [-0.1, -0.05) is 6.92 Å². The van der Waals surface area contributed by atoms with Gasteiger partial charge in [0.25, 0.3) is 0 Å². The third-order valence-corrected chi connectivity index (χ3v) is 4.32. The van der Waals surface area contributed by atoms with E-state index in [1.54, 1.807) is 0 Å². The van der Waals surface area contributed by atoms with Gasteiger partial charge in [0.2, 0.25) is 17.8 Å². The molecule has 0 aliphatic carbocycles. The highest BCUT2D eigenvalue weighted by Gasteiger charge is 2.17. The van der Waals surface area contributed by atoms with Crippen molar-refractivity contribution in [1.82, 2.24) is 15.0 Å². The summed E-state index contributed by atoms with van der Waals surface area (Å²) in [4.78, 5) is 15.5. The Bertz CT molecular complexity index is 437. The number of hydrazine groups is 1. The summed E-state index contributed by atoms with van der Waals surface area (Å²) in [5.74, 6) is 8.22. The molecular formula is C13H25N7S. The number of nitrogen functional groups attached to an aromatic ring is 1. The monoisotopic (exact) mass is 311 g/mol. The molecule has 8 heteroatoms. The molecule has 2 heterocycles. The van der Waals surface area contributed by atoms with Gasteiger partial charge in [-0.05, 0) is 31.9 Å². The van der Waals surface area contributed by atoms with Crippen LogP contribution in [-0.4, -0.2) is 46.1 Å². The normalized spacial score (nSPS) is 16.6. The van der Waals surface area contributed by atoms with E-state index < -0.39 is 0 Å². The fraction of sp³-hybridized carbons (Fsp3) is 0.769. The Morgan fingerprint density at radius 1 is 1.19 bits per heavy atom. The molecule has 7 nitrogen and oxygen atoms in total. The second-order valence-corrected chi connectivity index (χ2v) is 6.09. The topological polar surface area (TPSA) is 92.0 Å². The van der Waals surface area contributed by atoms with Crippen LogP contribution >= 0.6 is 11.8 Å². The lowest BCUT2D eigenvalue weighted by Gasteiger charge is -2.27. The Balaban J connectivity index is 2.16. The van der Waals surface area contributed by atoms with Crippen molar-refractivity contribution in [3.05, 3.63) is 0 Å². The molecule has 0 radical (unpaired) electrons. The third-order valence-electron chi connectivity index (χ3n) is 3.59. The fourth-order valence-electron chi connectivity index (χ4n) is 2.37. The Morgan fingerprint density at radius 2 is 1.90 bits per heavy atom. The van der Waals surface area contributed by atoms with Gasteiger partial charge in [0, 0.05) is 24.9 Å². The average Bonchev–Trinajstić information content (AvgIpc) is 2.55. The largest absolute Gasteiger partial charge is 0.350 e. The lowest BCUT2D eigenvalue weighted by Crippen LogP contribution is -2.32. The van der Waals surface area contributed by atoms with E-state index in [0.717, 1.165) is 25.3 Å². The molecule has 0 spiro atoms. The molecule has 0 aromatic carbocycles. The zero-order valence-electron chi connectivity index (χ0n) is 12.8. The van der Waals surface area contributed by atoms with E-state index in [-0.39, 0.29) is 0 Å². The van der Waals surface area contributed by atoms with Gasteiger partial charge in [-0.25, -0.2) is 5.84 Å². The molecule has 21 heavy (non-hydrogen) atoms. The molecule has 0 saturated carbocycles. The van der Waals surface area contributed by atoms with E-state index in [2.05, 4.69) is 43.8 Å². The van der Waals surface area contributed by atoms with Crippen LogP contribution in [0.15, 0.2) is 0 Å². The van der Waals surface area contributed by atoms with Crippen molar-refractivity contribution >= 4 is 29.6 Å². The first-order chi connectivity index (χ1) is 10.3. The maximum Gasteiger partial charge on any atom is 0.243 e. The summed E-state index contributed by atoms with van der Waals surface area (Å²) in [5.41, 5.74) is 2.54. The summed E-state index contributed by atoms with van der Waals surface area (Å²) in [5, 5.41) is 3.38. The molecular weight excluding hydrogens is 286 g/mol. The zero-order valence-corrected chi connectivity index (χ0v) is 13.6. The maximum absolute atomic E-state index is 5.49. The molecule has 1 aromatic heterocycles. The van der Waals surface area contributed by atoms with Crippen LogP contribution < -0.4 is 21.5 Å². The summed E-state index contributed by atoms with van der Waals surface area (Å²) in [7, 11) is 0. The number of aromatic nitrogens is 3. The highest BCUT2D eigenvalue weighted by Crippen LogP contribution is 2.19. The molecule has 1 aromatic rings. The first kappa shape index (κ1) is 16.1. The van der Waals surface area contributed by atoms with E-state index in [4.69, 9.17) is 5.84 Å². The molecule has 0 bridgehead atoms. The van der Waals surface area contributed by atoms with Crippen LogP contribution in [0, 0.1) is 0 Å². The fourth-order valence-corrected chi connectivity index (χ4v) is 3.10. The number of nitrogens with two attached hydrogens (primary N) is 1. The van der Waals surface area contributed by atoms with Crippen molar-refractivity contribution < 1.29 is 0 Å². The number of anilines is 3. The Hall–Kier alpha value is -1.28. The number of thioether (sulfide) groups is 1. The Kier molecular flexibility index (Phi) is 6.31. The first-order valence-corrected chi connectivity index (χ1v) is 8.89. The molecule has 2 rings (SSSR count). The second kappa shape index (κ2) is 8.23. The summed E-state index contributed by atoms with van der Waals surface area (Å²) in [6.07, 6.45) is 6.77. The molecule has 118 valence electrons. The molecule has 1 unspecified atom stereocenters. The van der Waals surface area contributed by atoms with E-state index in [1.165, 1.54) is 19.3 Å². The average molecular weight is 311 g/mol. The highest BCUT2D eigenvalue weighted by atomic mass is 32.2. The predicted molar refractivity (Wildman–Crippen MR) is 89.8 cm³/mol. The minimum atomic E-state index is 0.349. The standard InChI is InChI=1S/C13H25N7S/c1-3-10(9-21-2)15-11-16-12(19-14)18-13(17-11)20-7-5-4-6-8-20/h10H,3-9,14H2,1-2H3,(H2,15,16,17,18,19). The van der Waals surface area contributed by atoms with Gasteiger partial charge in [0.15, 0.2) is 0 Å². The first-order valence-electron chi connectivity index (χ1n) is 7.50. The summed E-state index contributed by atoms with van der Waals surface area (Å²) in [6, 6.07) is 0.349. The van der Waals surface area contributed by atoms with Crippen molar-refractivity contribution in [1.29, 1.82) is 0 Å². The van der Waals surface area contributed by atoms with Crippen LogP contribution in [0.5, 0.6) is 0 Å². The summed E-state index contributed by atoms with van der Waals surface area (Å²) >= 11 is 1.81. The zero-order chi connectivity index (χ0) is 15.1. The SMILES string of the molecule is CCC(CSC)Nc1nc(NN)nc(N2CCCCC2)n1. The molecule has 4 N–H and O–H groups in total. The van der Waals surface area contributed by atoms with Crippen molar-refractivity contribution in [3.8, 4) is 0 Å². The molecule has 0 amide bonds. The molecule has 1 fully saturated rings. The highest BCUT2D eigenvalue weighted by molar-refractivity contribution is 7.98. The number of piperidine rings is 1. The quantitative estimate of drug-likeness (QED) is 0.518. The van der Waals surface area contributed by atoms with Crippen molar-refractivity contribution in [2.24, 2.45) is 5.84 Å². The number of nitrogens with zero attached hydrogens (tertiary/aromatic N) is 4. The number of hydrogen-bond donors (Lipinski definition) is 3. The van der Waals surface area contributed by atoms with Gasteiger partial charge in [0.1, 0.15) is 0 Å². The third kappa shape index (κ3) is 4.60. The van der Waals surface area contributed by atoms with Gasteiger partial charge in [-0.3, -0.25) is 5.43 Å². The Labute approximate surface area is 130 Å².